The Balaban J connectivity index is 0.000000514. The number of fused-ring (bicyclic) bond motifs is 3. The Kier molecular flexibility index (Phi) is 4.09. The second-order valence-corrected chi connectivity index (χ2v) is 4.57. The first-order chi connectivity index (χ1) is 8.25. The van der Waals surface area contributed by atoms with Crippen LogP contribution in [0.5, 0.6) is 0 Å². The standard InChI is InChI=1S/C13H16N2.CH3I/c1-8-4-3-5-11-13(8)10-7-14-9(2)6-12(10)15-11;1-2/h3-5,9,14-15H,6-7H2,1-2H3;1H3. The summed E-state index contributed by atoms with van der Waals surface area (Å²) in [7, 11) is 0. The molecule has 2 heterocycles. The van der Waals surface area contributed by atoms with Crippen molar-refractivity contribution < 1.29 is 0 Å². The lowest BCUT2D eigenvalue weighted by atomic mass is 9.99. The third-order valence-electron chi connectivity index (χ3n) is 3.36. The minimum atomic E-state index is 0.589. The molecule has 0 amide bonds. The highest BCUT2D eigenvalue weighted by molar-refractivity contribution is 14.1. The van der Waals surface area contributed by atoms with Gasteiger partial charge in [0.25, 0.3) is 0 Å². The molecule has 0 saturated heterocycles. The molecule has 0 fully saturated rings. The van der Waals surface area contributed by atoms with Gasteiger partial charge in [-0.15, -0.1) is 0 Å². The van der Waals surface area contributed by atoms with Crippen molar-refractivity contribution in [1.82, 2.24) is 10.3 Å². The number of aromatic nitrogens is 1. The molecule has 3 heteroatoms. The number of aryl methyl sites for hydroxylation is 1. The molecular weight excluding hydrogens is 323 g/mol. The molecule has 0 spiro atoms. The van der Waals surface area contributed by atoms with Gasteiger partial charge in [0.05, 0.1) is 0 Å². The third kappa shape index (κ3) is 2.36. The van der Waals surface area contributed by atoms with Crippen molar-refractivity contribution in [1.29, 1.82) is 0 Å². The fourth-order valence-corrected chi connectivity index (χ4v) is 2.59. The van der Waals surface area contributed by atoms with Crippen molar-refractivity contribution in [3.05, 3.63) is 35.0 Å². The number of aromatic amines is 1. The Hall–Kier alpha value is -0.550. The Morgan fingerprint density at radius 2 is 2.06 bits per heavy atom. The summed E-state index contributed by atoms with van der Waals surface area (Å²) in [4.78, 5) is 5.52. The Bertz CT molecular complexity index is 516. The summed E-state index contributed by atoms with van der Waals surface area (Å²) >= 11 is 2.15. The summed E-state index contributed by atoms with van der Waals surface area (Å²) in [5.74, 6) is 0. The van der Waals surface area contributed by atoms with E-state index in [4.69, 9.17) is 0 Å². The van der Waals surface area contributed by atoms with Crippen LogP contribution in [0.2, 0.25) is 0 Å². The number of nitrogens with one attached hydrogen (secondary N) is 2. The maximum Gasteiger partial charge on any atom is 0.0462 e. The number of hydrogen-bond donors (Lipinski definition) is 2. The number of hydrogen-bond acceptors (Lipinski definition) is 1. The smallest absolute Gasteiger partial charge is 0.0462 e. The minimum absolute atomic E-state index is 0.589. The fourth-order valence-electron chi connectivity index (χ4n) is 2.59. The zero-order valence-electron chi connectivity index (χ0n) is 10.6. The largest absolute Gasteiger partial charge is 0.358 e. The van der Waals surface area contributed by atoms with Crippen molar-refractivity contribution in [3.8, 4) is 0 Å². The molecule has 17 heavy (non-hydrogen) atoms. The van der Waals surface area contributed by atoms with Crippen LogP contribution in [0.25, 0.3) is 10.9 Å². The van der Waals surface area contributed by atoms with Crippen LogP contribution in [0.15, 0.2) is 18.2 Å². The lowest BCUT2D eigenvalue weighted by Crippen LogP contribution is -2.32. The van der Waals surface area contributed by atoms with E-state index in [0.29, 0.717) is 6.04 Å². The highest BCUT2D eigenvalue weighted by Gasteiger charge is 2.19. The van der Waals surface area contributed by atoms with Crippen molar-refractivity contribution in [2.45, 2.75) is 32.9 Å². The van der Waals surface area contributed by atoms with E-state index in [1.165, 1.54) is 27.7 Å². The van der Waals surface area contributed by atoms with Gasteiger partial charge in [-0.3, -0.25) is 0 Å². The van der Waals surface area contributed by atoms with Gasteiger partial charge in [0.15, 0.2) is 0 Å². The molecule has 1 aliphatic heterocycles. The van der Waals surface area contributed by atoms with Gasteiger partial charge in [-0.05, 0) is 36.0 Å². The third-order valence-corrected chi connectivity index (χ3v) is 3.36. The SMILES string of the molecule is CI.Cc1cccc2[nH]c3c(c12)CNC(C)C3. The molecule has 1 unspecified atom stereocenters. The zero-order valence-corrected chi connectivity index (χ0v) is 12.8. The number of rotatable bonds is 0. The van der Waals surface area contributed by atoms with Crippen LogP contribution in [-0.4, -0.2) is 16.0 Å². The van der Waals surface area contributed by atoms with E-state index in [1.807, 2.05) is 4.93 Å². The van der Waals surface area contributed by atoms with Gasteiger partial charge in [0.1, 0.15) is 0 Å². The van der Waals surface area contributed by atoms with E-state index < -0.39 is 0 Å². The van der Waals surface area contributed by atoms with Crippen molar-refractivity contribution >= 4 is 33.5 Å². The van der Waals surface area contributed by atoms with Gasteiger partial charge in [-0.1, -0.05) is 34.7 Å². The molecule has 0 radical (unpaired) electrons. The van der Waals surface area contributed by atoms with E-state index in [1.54, 1.807) is 0 Å². The van der Waals surface area contributed by atoms with Crippen molar-refractivity contribution in [3.63, 3.8) is 0 Å². The first-order valence-corrected chi connectivity index (χ1v) is 8.11. The number of benzene rings is 1. The summed E-state index contributed by atoms with van der Waals surface area (Å²) in [6, 6.07) is 7.07. The monoisotopic (exact) mass is 342 g/mol. The molecule has 2 N–H and O–H groups in total. The Morgan fingerprint density at radius 1 is 1.29 bits per heavy atom. The van der Waals surface area contributed by atoms with E-state index in [-0.39, 0.29) is 0 Å². The summed E-state index contributed by atoms with van der Waals surface area (Å²) in [5, 5.41) is 4.95. The first kappa shape index (κ1) is 12.9. The Morgan fingerprint density at radius 3 is 2.82 bits per heavy atom. The molecule has 92 valence electrons. The molecule has 0 bridgehead atoms. The second-order valence-electron chi connectivity index (χ2n) is 4.57. The molecule has 1 aliphatic rings. The first-order valence-electron chi connectivity index (χ1n) is 5.96. The summed E-state index contributed by atoms with van der Waals surface area (Å²) in [6.07, 6.45) is 1.11. The van der Waals surface area contributed by atoms with E-state index in [9.17, 15) is 0 Å². The highest BCUT2D eigenvalue weighted by Crippen LogP contribution is 2.28. The van der Waals surface area contributed by atoms with Gasteiger partial charge < -0.3 is 10.3 Å². The topological polar surface area (TPSA) is 27.8 Å². The molecule has 3 rings (SSSR count). The second kappa shape index (κ2) is 5.40. The molecule has 2 nitrogen and oxygen atoms in total. The fraction of sp³-hybridized carbons (Fsp3) is 0.429. The van der Waals surface area contributed by atoms with Crippen molar-refractivity contribution in [2.75, 3.05) is 4.93 Å². The van der Waals surface area contributed by atoms with Gasteiger partial charge in [0, 0.05) is 35.6 Å². The predicted molar refractivity (Wildman–Crippen MR) is 83.0 cm³/mol. The van der Waals surface area contributed by atoms with Gasteiger partial charge in [0.2, 0.25) is 0 Å². The van der Waals surface area contributed by atoms with Crippen molar-refractivity contribution in [2.24, 2.45) is 0 Å². The molecule has 0 aliphatic carbocycles. The quantitative estimate of drug-likeness (QED) is 0.556. The molecule has 1 aromatic carbocycles. The predicted octanol–water partition coefficient (Wildman–Crippen LogP) is 3.56. The zero-order chi connectivity index (χ0) is 12.4. The van der Waals surface area contributed by atoms with Gasteiger partial charge >= 0.3 is 0 Å². The van der Waals surface area contributed by atoms with Crippen LogP contribution >= 0.6 is 22.6 Å². The lowest BCUT2D eigenvalue weighted by molar-refractivity contribution is 0.511. The molecular formula is C14H19IN2. The molecule has 1 aromatic heterocycles. The summed E-state index contributed by atoms with van der Waals surface area (Å²) in [6.45, 7) is 5.43. The normalized spacial score (nSPS) is 18.5. The van der Waals surface area contributed by atoms with Crippen LogP contribution < -0.4 is 5.32 Å². The number of halogens is 1. The minimum Gasteiger partial charge on any atom is -0.358 e. The average molecular weight is 342 g/mol. The summed E-state index contributed by atoms with van der Waals surface area (Å²) < 4.78 is 0. The van der Waals surface area contributed by atoms with E-state index in [0.717, 1.165) is 13.0 Å². The maximum absolute atomic E-state index is 3.55. The Labute approximate surface area is 116 Å². The average Bonchev–Trinajstić information content (AvgIpc) is 2.70. The maximum atomic E-state index is 3.55. The number of H-pyrrole nitrogens is 1. The van der Waals surface area contributed by atoms with E-state index >= 15 is 0 Å². The highest BCUT2D eigenvalue weighted by atomic mass is 127. The van der Waals surface area contributed by atoms with Crippen LogP contribution in [-0.2, 0) is 13.0 Å². The van der Waals surface area contributed by atoms with Gasteiger partial charge in [-0.25, -0.2) is 0 Å². The summed E-state index contributed by atoms with van der Waals surface area (Å²) in [5.41, 5.74) is 5.56. The van der Waals surface area contributed by atoms with Crippen LogP contribution in [0.3, 0.4) is 0 Å². The van der Waals surface area contributed by atoms with Crippen LogP contribution in [0.4, 0.5) is 0 Å². The van der Waals surface area contributed by atoms with E-state index in [2.05, 4.69) is 64.9 Å². The number of alkyl halides is 1. The lowest BCUT2D eigenvalue weighted by Gasteiger charge is -2.20. The van der Waals surface area contributed by atoms with Crippen LogP contribution in [0, 0.1) is 6.92 Å². The van der Waals surface area contributed by atoms with Crippen LogP contribution in [0.1, 0.15) is 23.7 Å². The van der Waals surface area contributed by atoms with Gasteiger partial charge in [-0.2, -0.15) is 0 Å². The molecule has 0 saturated carbocycles. The molecule has 2 aromatic rings. The molecule has 1 atom stereocenters.